The molecular formula is C26H28ClN5O3. The zero-order valence-electron chi connectivity index (χ0n) is 19.9. The summed E-state index contributed by atoms with van der Waals surface area (Å²) in [7, 11) is 3.74. The van der Waals surface area contributed by atoms with Crippen molar-refractivity contribution in [2.45, 2.75) is 13.0 Å². The Kier molecular flexibility index (Phi) is 6.74. The Bertz CT molecular complexity index is 1230. The van der Waals surface area contributed by atoms with Gasteiger partial charge in [0, 0.05) is 45.2 Å². The number of hydrogen-bond acceptors (Lipinski definition) is 7. The maximum atomic E-state index is 13.3. The Morgan fingerprint density at radius 3 is 2.51 bits per heavy atom. The maximum absolute atomic E-state index is 13.3. The monoisotopic (exact) mass is 493 g/mol. The third-order valence-corrected chi connectivity index (χ3v) is 6.77. The van der Waals surface area contributed by atoms with E-state index < -0.39 is 0 Å². The summed E-state index contributed by atoms with van der Waals surface area (Å²) in [6, 6.07) is 14.5. The number of fused-ring (bicyclic) bond motifs is 1. The SMILES string of the molecule is COc1cccc(Oc2nc(N3CCN(C)CC3)nc3c2CN(C(=O)c2ccccc2Cl)CC3)c1. The molecule has 1 saturated heterocycles. The summed E-state index contributed by atoms with van der Waals surface area (Å²) in [5.41, 5.74) is 2.22. The van der Waals surface area contributed by atoms with E-state index in [2.05, 4.69) is 16.8 Å². The van der Waals surface area contributed by atoms with Crippen molar-refractivity contribution in [1.29, 1.82) is 0 Å². The van der Waals surface area contributed by atoms with E-state index >= 15 is 0 Å². The Morgan fingerprint density at radius 1 is 0.971 bits per heavy atom. The van der Waals surface area contributed by atoms with E-state index in [1.807, 2.05) is 36.4 Å². The van der Waals surface area contributed by atoms with Crippen LogP contribution in [-0.2, 0) is 13.0 Å². The molecule has 0 aliphatic carbocycles. The smallest absolute Gasteiger partial charge is 0.255 e. The van der Waals surface area contributed by atoms with Gasteiger partial charge in [-0.15, -0.1) is 0 Å². The first-order valence-electron chi connectivity index (χ1n) is 11.7. The Morgan fingerprint density at radius 2 is 1.74 bits per heavy atom. The van der Waals surface area contributed by atoms with Gasteiger partial charge in [-0.2, -0.15) is 4.98 Å². The minimum absolute atomic E-state index is 0.114. The Hall–Kier alpha value is -3.36. The predicted octanol–water partition coefficient (Wildman–Crippen LogP) is 3.88. The number of hydrogen-bond donors (Lipinski definition) is 0. The number of halogens is 1. The zero-order chi connectivity index (χ0) is 24.4. The highest BCUT2D eigenvalue weighted by atomic mass is 35.5. The second-order valence-electron chi connectivity index (χ2n) is 8.78. The van der Waals surface area contributed by atoms with E-state index in [0.717, 1.165) is 37.4 Å². The van der Waals surface area contributed by atoms with Gasteiger partial charge >= 0.3 is 0 Å². The Balaban J connectivity index is 1.49. The van der Waals surface area contributed by atoms with Crippen LogP contribution in [0.1, 0.15) is 21.6 Å². The number of rotatable bonds is 5. The summed E-state index contributed by atoms with van der Waals surface area (Å²) in [4.78, 5) is 29.3. The van der Waals surface area contributed by atoms with Gasteiger partial charge in [-0.3, -0.25) is 4.79 Å². The molecular weight excluding hydrogens is 466 g/mol. The average Bonchev–Trinajstić information content (AvgIpc) is 2.89. The fourth-order valence-electron chi connectivity index (χ4n) is 4.36. The van der Waals surface area contributed by atoms with Crippen molar-refractivity contribution in [1.82, 2.24) is 19.8 Å². The lowest BCUT2D eigenvalue weighted by Crippen LogP contribution is -2.45. The quantitative estimate of drug-likeness (QED) is 0.534. The molecule has 0 atom stereocenters. The second-order valence-corrected chi connectivity index (χ2v) is 9.19. The van der Waals surface area contributed by atoms with Gasteiger partial charge in [-0.25, -0.2) is 4.98 Å². The number of carbonyl (C=O) groups excluding carboxylic acids is 1. The van der Waals surface area contributed by atoms with Gasteiger partial charge in [0.25, 0.3) is 5.91 Å². The van der Waals surface area contributed by atoms with Crippen molar-refractivity contribution in [2.24, 2.45) is 0 Å². The highest BCUT2D eigenvalue weighted by Crippen LogP contribution is 2.33. The summed E-state index contributed by atoms with van der Waals surface area (Å²) in [5, 5.41) is 0.442. The number of amides is 1. The van der Waals surface area contributed by atoms with Crippen LogP contribution in [0.4, 0.5) is 5.95 Å². The van der Waals surface area contributed by atoms with E-state index in [9.17, 15) is 4.79 Å². The highest BCUT2D eigenvalue weighted by Gasteiger charge is 2.29. The molecule has 0 spiro atoms. The molecule has 0 N–H and O–H groups in total. The minimum Gasteiger partial charge on any atom is -0.497 e. The zero-order valence-corrected chi connectivity index (χ0v) is 20.7. The molecule has 3 heterocycles. The number of piperazine rings is 1. The number of carbonyl (C=O) groups is 1. The number of ether oxygens (including phenoxy) is 2. The third-order valence-electron chi connectivity index (χ3n) is 6.44. The van der Waals surface area contributed by atoms with Gasteiger partial charge < -0.3 is 24.2 Å². The molecule has 0 radical (unpaired) electrons. The lowest BCUT2D eigenvalue weighted by Gasteiger charge is -2.34. The number of likely N-dealkylation sites (N-methyl/N-ethyl adjacent to an activating group) is 1. The summed E-state index contributed by atoms with van der Waals surface area (Å²) < 4.78 is 11.6. The van der Waals surface area contributed by atoms with Gasteiger partial charge in [0.2, 0.25) is 11.8 Å². The largest absolute Gasteiger partial charge is 0.497 e. The second kappa shape index (κ2) is 10.1. The fraction of sp³-hybridized carbons (Fsp3) is 0.346. The number of methoxy groups -OCH3 is 1. The van der Waals surface area contributed by atoms with E-state index in [1.54, 1.807) is 24.1 Å². The normalized spacial score (nSPS) is 16.1. The first kappa shape index (κ1) is 23.4. The predicted molar refractivity (Wildman–Crippen MR) is 135 cm³/mol. The van der Waals surface area contributed by atoms with Crippen LogP contribution in [0.5, 0.6) is 17.4 Å². The van der Waals surface area contributed by atoms with Crippen molar-refractivity contribution in [3.05, 3.63) is 70.4 Å². The van der Waals surface area contributed by atoms with Crippen molar-refractivity contribution in [2.75, 3.05) is 51.8 Å². The average molecular weight is 494 g/mol. The summed E-state index contributed by atoms with van der Waals surface area (Å²) in [6.45, 7) is 4.51. The van der Waals surface area contributed by atoms with Crippen molar-refractivity contribution < 1.29 is 14.3 Å². The molecule has 1 aromatic heterocycles. The molecule has 2 aromatic carbocycles. The van der Waals surface area contributed by atoms with Crippen LogP contribution in [0, 0.1) is 0 Å². The number of anilines is 1. The van der Waals surface area contributed by atoms with Crippen LogP contribution in [0.3, 0.4) is 0 Å². The first-order chi connectivity index (χ1) is 17.0. The number of benzene rings is 2. The molecule has 35 heavy (non-hydrogen) atoms. The van der Waals surface area contributed by atoms with Gasteiger partial charge in [0.15, 0.2) is 0 Å². The van der Waals surface area contributed by atoms with Crippen LogP contribution < -0.4 is 14.4 Å². The molecule has 0 bridgehead atoms. The first-order valence-corrected chi connectivity index (χ1v) is 12.1. The number of aromatic nitrogens is 2. The van der Waals surface area contributed by atoms with Crippen LogP contribution in [0.25, 0.3) is 0 Å². The number of nitrogens with zero attached hydrogens (tertiary/aromatic N) is 5. The van der Waals surface area contributed by atoms with E-state index in [1.165, 1.54) is 0 Å². The van der Waals surface area contributed by atoms with Crippen LogP contribution in [0.15, 0.2) is 48.5 Å². The summed E-state index contributed by atoms with van der Waals surface area (Å²) in [5.74, 6) is 2.33. The molecule has 1 amide bonds. The molecule has 9 heteroatoms. The van der Waals surface area contributed by atoms with E-state index in [4.69, 9.17) is 31.0 Å². The molecule has 3 aromatic rings. The van der Waals surface area contributed by atoms with Crippen LogP contribution in [0.2, 0.25) is 5.02 Å². The topological polar surface area (TPSA) is 71.0 Å². The van der Waals surface area contributed by atoms with Crippen LogP contribution in [-0.4, -0.2) is 72.6 Å². The van der Waals surface area contributed by atoms with Crippen molar-refractivity contribution in [3.63, 3.8) is 0 Å². The van der Waals surface area contributed by atoms with Gasteiger partial charge in [0.1, 0.15) is 11.5 Å². The minimum atomic E-state index is -0.114. The molecule has 182 valence electrons. The molecule has 2 aliphatic rings. The van der Waals surface area contributed by atoms with Crippen molar-refractivity contribution >= 4 is 23.5 Å². The van der Waals surface area contributed by atoms with Crippen LogP contribution >= 0.6 is 11.6 Å². The van der Waals surface area contributed by atoms with Crippen molar-refractivity contribution in [3.8, 4) is 17.4 Å². The molecule has 8 nitrogen and oxygen atoms in total. The molecule has 0 unspecified atom stereocenters. The van der Waals surface area contributed by atoms with Gasteiger partial charge in [0.05, 0.1) is 35.5 Å². The lowest BCUT2D eigenvalue weighted by atomic mass is 10.0. The molecule has 5 rings (SSSR count). The van der Waals surface area contributed by atoms with E-state index in [0.29, 0.717) is 53.4 Å². The summed E-state index contributed by atoms with van der Waals surface area (Å²) >= 11 is 6.31. The lowest BCUT2D eigenvalue weighted by molar-refractivity contribution is 0.0732. The van der Waals surface area contributed by atoms with Gasteiger partial charge in [-0.1, -0.05) is 29.8 Å². The molecule has 0 saturated carbocycles. The standard InChI is InChI=1S/C26H28ClN5O3/c1-30-12-14-31(15-13-30)26-28-23-10-11-32(25(33)20-8-3-4-9-22(20)27)17-21(23)24(29-26)35-19-7-5-6-18(16-19)34-2/h3-9,16H,10-15,17H2,1-2H3. The molecule has 2 aliphatic heterocycles. The maximum Gasteiger partial charge on any atom is 0.255 e. The molecule has 1 fully saturated rings. The highest BCUT2D eigenvalue weighted by molar-refractivity contribution is 6.33. The third kappa shape index (κ3) is 5.04. The van der Waals surface area contributed by atoms with Gasteiger partial charge in [-0.05, 0) is 31.3 Å². The summed E-state index contributed by atoms with van der Waals surface area (Å²) in [6.07, 6.45) is 0.614. The Labute approximate surface area is 210 Å². The fourth-order valence-corrected chi connectivity index (χ4v) is 4.57. The van der Waals surface area contributed by atoms with E-state index in [-0.39, 0.29) is 5.91 Å².